The molecule has 0 fully saturated rings. The van der Waals surface area contributed by atoms with E-state index in [-0.39, 0.29) is 5.82 Å². The minimum absolute atomic E-state index is 0.0671. The van der Waals surface area contributed by atoms with Crippen LogP contribution in [0.4, 0.5) is 0 Å². The number of H-pyrrole nitrogens is 1. The highest BCUT2D eigenvalue weighted by molar-refractivity contribution is 5.92. The lowest BCUT2D eigenvalue weighted by atomic mass is 10.3. The SMILES string of the molecule is NC(=O)c1nc2nc(-c3ccccn3)ncc2[nH]1. The van der Waals surface area contributed by atoms with Crippen molar-refractivity contribution < 1.29 is 4.79 Å². The molecule has 0 saturated heterocycles. The Morgan fingerprint density at radius 3 is 2.83 bits per heavy atom. The Morgan fingerprint density at radius 2 is 2.11 bits per heavy atom. The molecule has 0 atom stereocenters. The number of primary amides is 1. The average molecular weight is 240 g/mol. The van der Waals surface area contributed by atoms with Crippen LogP contribution in [0.1, 0.15) is 10.6 Å². The second-order valence-electron chi connectivity index (χ2n) is 3.60. The number of nitrogens with one attached hydrogen (secondary N) is 1. The van der Waals surface area contributed by atoms with Crippen LogP contribution in [-0.2, 0) is 0 Å². The van der Waals surface area contributed by atoms with Crippen LogP contribution in [0.15, 0.2) is 30.6 Å². The van der Waals surface area contributed by atoms with Crippen molar-refractivity contribution in [1.29, 1.82) is 0 Å². The minimum Gasteiger partial charge on any atom is -0.363 e. The van der Waals surface area contributed by atoms with Gasteiger partial charge in [0.2, 0.25) is 0 Å². The highest BCUT2D eigenvalue weighted by atomic mass is 16.1. The number of carbonyl (C=O) groups excluding carboxylic acids is 1. The molecule has 3 aromatic heterocycles. The molecule has 0 aromatic carbocycles. The molecule has 88 valence electrons. The fourth-order valence-electron chi connectivity index (χ4n) is 1.54. The van der Waals surface area contributed by atoms with Crippen LogP contribution in [0.3, 0.4) is 0 Å². The molecular weight excluding hydrogens is 232 g/mol. The lowest BCUT2D eigenvalue weighted by Crippen LogP contribution is -2.12. The molecule has 7 heteroatoms. The normalized spacial score (nSPS) is 10.7. The quantitative estimate of drug-likeness (QED) is 0.678. The van der Waals surface area contributed by atoms with Gasteiger partial charge >= 0.3 is 0 Å². The summed E-state index contributed by atoms with van der Waals surface area (Å²) in [5, 5.41) is 0. The largest absolute Gasteiger partial charge is 0.363 e. The Morgan fingerprint density at radius 1 is 1.22 bits per heavy atom. The molecule has 3 aromatic rings. The Hall–Kier alpha value is -2.83. The van der Waals surface area contributed by atoms with Crippen molar-refractivity contribution in [3.63, 3.8) is 0 Å². The van der Waals surface area contributed by atoms with Gasteiger partial charge in [0, 0.05) is 6.20 Å². The molecule has 0 saturated carbocycles. The second kappa shape index (κ2) is 3.88. The predicted molar refractivity (Wildman–Crippen MR) is 63.4 cm³/mol. The number of nitrogens with two attached hydrogens (primary N) is 1. The zero-order valence-corrected chi connectivity index (χ0v) is 9.16. The van der Waals surface area contributed by atoms with Gasteiger partial charge in [-0.3, -0.25) is 9.78 Å². The van der Waals surface area contributed by atoms with Crippen molar-refractivity contribution in [2.45, 2.75) is 0 Å². The number of carbonyl (C=O) groups is 1. The highest BCUT2D eigenvalue weighted by Gasteiger charge is 2.10. The molecular formula is C11H8N6O. The summed E-state index contributed by atoms with van der Waals surface area (Å²) in [4.78, 5) is 30.2. The molecule has 0 aliphatic carbocycles. The van der Waals surface area contributed by atoms with Gasteiger partial charge < -0.3 is 10.7 Å². The number of aromatic amines is 1. The molecule has 7 nitrogen and oxygen atoms in total. The summed E-state index contributed by atoms with van der Waals surface area (Å²) in [6.45, 7) is 0. The van der Waals surface area contributed by atoms with E-state index in [4.69, 9.17) is 5.73 Å². The van der Waals surface area contributed by atoms with Gasteiger partial charge in [-0.15, -0.1) is 0 Å². The third-order valence-corrected chi connectivity index (χ3v) is 2.37. The zero-order valence-electron chi connectivity index (χ0n) is 9.16. The maximum absolute atomic E-state index is 11.0. The monoisotopic (exact) mass is 240 g/mol. The maximum Gasteiger partial charge on any atom is 0.284 e. The summed E-state index contributed by atoms with van der Waals surface area (Å²) < 4.78 is 0. The van der Waals surface area contributed by atoms with Crippen molar-refractivity contribution in [2.75, 3.05) is 0 Å². The predicted octanol–water partition coefficient (Wildman–Crippen LogP) is 0.514. The number of amides is 1. The van der Waals surface area contributed by atoms with E-state index in [0.717, 1.165) is 0 Å². The van der Waals surface area contributed by atoms with Crippen LogP contribution >= 0.6 is 0 Å². The van der Waals surface area contributed by atoms with Gasteiger partial charge in [-0.25, -0.2) is 15.0 Å². The number of pyridine rings is 1. The number of hydrogen-bond acceptors (Lipinski definition) is 5. The molecule has 0 aliphatic heterocycles. The van der Waals surface area contributed by atoms with Gasteiger partial charge in [-0.2, -0.15) is 0 Å². The fraction of sp³-hybridized carbons (Fsp3) is 0. The molecule has 0 bridgehead atoms. The van der Waals surface area contributed by atoms with Crippen LogP contribution in [0.25, 0.3) is 22.7 Å². The van der Waals surface area contributed by atoms with Crippen molar-refractivity contribution in [1.82, 2.24) is 24.9 Å². The Bertz CT molecular complexity index is 721. The lowest BCUT2D eigenvalue weighted by molar-refractivity contribution is 0.0991. The number of aromatic nitrogens is 5. The van der Waals surface area contributed by atoms with Crippen molar-refractivity contribution in [3.8, 4) is 11.5 Å². The average Bonchev–Trinajstić information content (AvgIpc) is 2.82. The maximum atomic E-state index is 11.0. The van der Waals surface area contributed by atoms with Crippen LogP contribution in [-0.4, -0.2) is 30.8 Å². The van der Waals surface area contributed by atoms with E-state index in [1.54, 1.807) is 18.5 Å². The molecule has 0 spiro atoms. The van der Waals surface area contributed by atoms with Gasteiger partial charge in [-0.05, 0) is 12.1 Å². The summed E-state index contributed by atoms with van der Waals surface area (Å²) in [5.74, 6) is -0.115. The summed E-state index contributed by atoms with van der Waals surface area (Å²) in [6, 6.07) is 5.44. The first-order valence-electron chi connectivity index (χ1n) is 5.18. The van der Waals surface area contributed by atoms with E-state index in [2.05, 4.69) is 24.9 Å². The molecule has 0 unspecified atom stereocenters. The van der Waals surface area contributed by atoms with Crippen molar-refractivity contribution in [2.24, 2.45) is 5.73 Å². The number of nitrogens with zero attached hydrogens (tertiary/aromatic N) is 4. The van der Waals surface area contributed by atoms with E-state index >= 15 is 0 Å². The van der Waals surface area contributed by atoms with E-state index < -0.39 is 5.91 Å². The minimum atomic E-state index is -0.632. The molecule has 1 amide bonds. The number of imidazole rings is 1. The molecule has 18 heavy (non-hydrogen) atoms. The van der Waals surface area contributed by atoms with E-state index in [1.807, 2.05) is 12.1 Å². The van der Waals surface area contributed by atoms with Gasteiger partial charge in [0.1, 0.15) is 11.2 Å². The van der Waals surface area contributed by atoms with Crippen LogP contribution < -0.4 is 5.73 Å². The summed E-state index contributed by atoms with van der Waals surface area (Å²) in [5.41, 5.74) is 6.72. The molecule has 0 radical (unpaired) electrons. The van der Waals surface area contributed by atoms with Crippen molar-refractivity contribution >= 4 is 17.1 Å². The summed E-state index contributed by atoms with van der Waals surface area (Å²) in [6.07, 6.45) is 3.20. The fourth-order valence-corrected chi connectivity index (χ4v) is 1.54. The molecule has 0 aliphatic rings. The van der Waals surface area contributed by atoms with Gasteiger partial charge in [-0.1, -0.05) is 6.07 Å². The Kier molecular flexibility index (Phi) is 2.23. The number of hydrogen-bond donors (Lipinski definition) is 2. The molecule has 3 rings (SSSR count). The Balaban J connectivity index is 2.14. The van der Waals surface area contributed by atoms with E-state index in [0.29, 0.717) is 22.7 Å². The summed E-state index contributed by atoms with van der Waals surface area (Å²) in [7, 11) is 0. The number of rotatable bonds is 2. The Labute approximate surface area is 101 Å². The first-order valence-corrected chi connectivity index (χ1v) is 5.18. The van der Waals surface area contributed by atoms with Gasteiger partial charge in [0.05, 0.1) is 6.20 Å². The second-order valence-corrected chi connectivity index (χ2v) is 3.60. The van der Waals surface area contributed by atoms with E-state index in [1.165, 1.54) is 0 Å². The van der Waals surface area contributed by atoms with Crippen LogP contribution in [0.2, 0.25) is 0 Å². The first kappa shape index (κ1) is 10.3. The summed E-state index contributed by atoms with van der Waals surface area (Å²) >= 11 is 0. The lowest BCUT2D eigenvalue weighted by Gasteiger charge is -1.96. The smallest absolute Gasteiger partial charge is 0.284 e. The third kappa shape index (κ3) is 1.67. The number of fused-ring (bicyclic) bond motifs is 1. The van der Waals surface area contributed by atoms with Gasteiger partial charge in [0.15, 0.2) is 17.3 Å². The standard InChI is InChI=1S/C11H8N6O/c12-8(18)11-15-7-5-14-9(16-10(7)17-11)6-3-1-2-4-13-6/h1-5H,(H2,12,18)(H,14,15,16,17). The highest BCUT2D eigenvalue weighted by Crippen LogP contribution is 2.14. The molecule has 3 N–H and O–H groups in total. The van der Waals surface area contributed by atoms with Crippen molar-refractivity contribution in [3.05, 3.63) is 36.4 Å². The topological polar surface area (TPSA) is 110 Å². The zero-order chi connectivity index (χ0) is 12.5. The van der Waals surface area contributed by atoms with Gasteiger partial charge in [0.25, 0.3) is 5.91 Å². The van der Waals surface area contributed by atoms with E-state index in [9.17, 15) is 4.79 Å². The van der Waals surface area contributed by atoms with Crippen LogP contribution in [0.5, 0.6) is 0 Å². The molecule has 3 heterocycles. The van der Waals surface area contributed by atoms with Crippen LogP contribution in [0, 0.1) is 0 Å². The first-order chi connectivity index (χ1) is 8.74. The third-order valence-electron chi connectivity index (χ3n) is 2.37.